The van der Waals surface area contributed by atoms with Crippen LogP contribution in [0.3, 0.4) is 0 Å². The fraction of sp³-hybridized carbons (Fsp3) is 0.324. The predicted octanol–water partition coefficient (Wildman–Crippen LogP) is 5.75. The number of rotatable bonds is 8. The maximum Gasteiger partial charge on any atom is 0.169 e. The summed E-state index contributed by atoms with van der Waals surface area (Å²) >= 11 is 0. The summed E-state index contributed by atoms with van der Waals surface area (Å²) in [5.41, 5.74) is 6.36. The number of aryl methyl sites for hydroxylation is 2. The summed E-state index contributed by atoms with van der Waals surface area (Å²) in [7, 11) is 3.43. The third kappa shape index (κ3) is 5.81. The lowest BCUT2D eigenvalue weighted by molar-refractivity contribution is 0.279. The van der Waals surface area contributed by atoms with Crippen molar-refractivity contribution in [1.82, 2.24) is 24.6 Å². The number of hydrogen-bond donors (Lipinski definition) is 0. The van der Waals surface area contributed by atoms with Crippen LogP contribution in [0.15, 0.2) is 72.8 Å². The Morgan fingerprint density at radius 2 is 1.62 bits per heavy atom. The monoisotopic (exact) mass is 562 g/mol. The van der Waals surface area contributed by atoms with Gasteiger partial charge in [-0.15, -0.1) is 0 Å². The first-order valence-corrected chi connectivity index (χ1v) is 14.6. The van der Waals surface area contributed by atoms with Crippen molar-refractivity contribution in [2.45, 2.75) is 33.2 Å². The van der Waals surface area contributed by atoms with Gasteiger partial charge in [-0.3, -0.25) is 4.90 Å². The highest BCUT2D eigenvalue weighted by atomic mass is 16.5. The van der Waals surface area contributed by atoms with E-state index in [1.165, 1.54) is 11.1 Å². The van der Waals surface area contributed by atoms with Crippen LogP contribution in [0.25, 0.3) is 16.7 Å². The molecule has 6 rings (SSSR count). The van der Waals surface area contributed by atoms with Gasteiger partial charge < -0.3 is 14.4 Å². The van der Waals surface area contributed by atoms with Crippen LogP contribution in [0.1, 0.15) is 34.6 Å². The standard InChI is InChI=1S/C34H38N6O2/c1-24-11-13-26(14-12-24)21-31-35-33(32-25(2)37-40(34(32)36-31)28-9-6-5-7-10-28)39-18-8-17-38(19-20-39)23-27-22-29(41-3)15-16-30(27)42-4/h5-7,9-16,22H,8,17-21,23H2,1-4H3. The van der Waals surface area contributed by atoms with E-state index in [1.807, 2.05) is 35.0 Å². The number of fused-ring (bicyclic) bond motifs is 1. The van der Waals surface area contributed by atoms with E-state index in [-0.39, 0.29) is 0 Å². The molecule has 0 N–H and O–H groups in total. The zero-order valence-electron chi connectivity index (χ0n) is 24.9. The van der Waals surface area contributed by atoms with Crippen LogP contribution in [0.4, 0.5) is 5.82 Å². The molecule has 0 amide bonds. The fourth-order valence-electron chi connectivity index (χ4n) is 5.74. The van der Waals surface area contributed by atoms with Crippen LogP contribution in [0.5, 0.6) is 11.5 Å². The Morgan fingerprint density at radius 3 is 2.38 bits per heavy atom. The molecule has 0 spiro atoms. The van der Waals surface area contributed by atoms with Crippen molar-refractivity contribution in [1.29, 1.82) is 0 Å². The molecule has 0 aliphatic carbocycles. The molecule has 0 atom stereocenters. The van der Waals surface area contributed by atoms with E-state index in [9.17, 15) is 0 Å². The molecule has 3 aromatic carbocycles. The first kappa shape index (κ1) is 27.7. The summed E-state index contributed by atoms with van der Waals surface area (Å²) in [5, 5.41) is 5.98. The normalized spacial score (nSPS) is 14.2. The van der Waals surface area contributed by atoms with Crippen molar-refractivity contribution in [3.05, 3.63) is 101 Å². The first-order valence-electron chi connectivity index (χ1n) is 14.6. The summed E-state index contributed by atoms with van der Waals surface area (Å²) in [4.78, 5) is 15.2. The molecule has 0 radical (unpaired) electrons. The predicted molar refractivity (Wildman–Crippen MR) is 167 cm³/mol. The highest BCUT2D eigenvalue weighted by Gasteiger charge is 2.24. The van der Waals surface area contributed by atoms with Crippen LogP contribution in [-0.4, -0.2) is 65.0 Å². The molecule has 8 nitrogen and oxygen atoms in total. The lowest BCUT2D eigenvalue weighted by atomic mass is 10.1. The molecule has 0 unspecified atom stereocenters. The number of anilines is 1. The molecule has 1 aliphatic heterocycles. The number of aromatic nitrogens is 4. The summed E-state index contributed by atoms with van der Waals surface area (Å²) in [5.74, 6) is 3.51. The van der Waals surface area contributed by atoms with Gasteiger partial charge in [-0.1, -0.05) is 48.0 Å². The van der Waals surface area contributed by atoms with E-state index in [2.05, 4.69) is 66.1 Å². The van der Waals surface area contributed by atoms with Crippen LogP contribution in [0.2, 0.25) is 0 Å². The van der Waals surface area contributed by atoms with Gasteiger partial charge in [0.05, 0.1) is 31.0 Å². The van der Waals surface area contributed by atoms with Crippen molar-refractivity contribution < 1.29 is 9.47 Å². The summed E-state index contributed by atoms with van der Waals surface area (Å²) < 4.78 is 13.1. The van der Waals surface area contributed by atoms with Gasteiger partial charge in [-0.05, 0) is 56.2 Å². The zero-order valence-corrected chi connectivity index (χ0v) is 24.9. The topological polar surface area (TPSA) is 68.5 Å². The minimum atomic E-state index is 0.665. The van der Waals surface area contributed by atoms with Gasteiger partial charge in [-0.25, -0.2) is 14.6 Å². The molecule has 2 aromatic heterocycles. The highest BCUT2D eigenvalue weighted by Crippen LogP contribution is 2.31. The maximum atomic E-state index is 5.66. The molecule has 1 saturated heterocycles. The lowest BCUT2D eigenvalue weighted by Gasteiger charge is -2.24. The average Bonchev–Trinajstić information content (AvgIpc) is 3.18. The molecule has 3 heterocycles. The Morgan fingerprint density at radius 1 is 0.810 bits per heavy atom. The molecule has 42 heavy (non-hydrogen) atoms. The molecule has 216 valence electrons. The van der Waals surface area contributed by atoms with E-state index in [0.29, 0.717) is 6.42 Å². The number of nitrogens with zero attached hydrogens (tertiary/aromatic N) is 6. The average molecular weight is 563 g/mol. The Balaban J connectivity index is 1.34. The van der Waals surface area contributed by atoms with Crippen LogP contribution >= 0.6 is 0 Å². The number of benzene rings is 3. The zero-order chi connectivity index (χ0) is 29.1. The van der Waals surface area contributed by atoms with E-state index in [4.69, 9.17) is 24.5 Å². The van der Waals surface area contributed by atoms with Crippen LogP contribution < -0.4 is 14.4 Å². The molecule has 5 aromatic rings. The van der Waals surface area contributed by atoms with Crippen molar-refractivity contribution in [3.8, 4) is 17.2 Å². The maximum absolute atomic E-state index is 5.66. The lowest BCUT2D eigenvalue weighted by Crippen LogP contribution is -2.31. The largest absolute Gasteiger partial charge is 0.497 e. The second-order valence-corrected chi connectivity index (χ2v) is 11.0. The Bertz CT molecular complexity index is 1670. The first-order chi connectivity index (χ1) is 20.5. The van der Waals surface area contributed by atoms with E-state index in [1.54, 1.807) is 14.2 Å². The fourth-order valence-corrected chi connectivity index (χ4v) is 5.74. The van der Waals surface area contributed by atoms with Gasteiger partial charge >= 0.3 is 0 Å². The van der Waals surface area contributed by atoms with E-state index < -0.39 is 0 Å². The minimum absolute atomic E-state index is 0.665. The minimum Gasteiger partial charge on any atom is -0.497 e. The molecular weight excluding hydrogens is 524 g/mol. The number of hydrogen-bond acceptors (Lipinski definition) is 7. The second kappa shape index (κ2) is 12.2. The Labute approximate surface area is 247 Å². The van der Waals surface area contributed by atoms with Gasteiger partial charge in [0.15, 0.2) is 5.65 Å². The molecule has 1 aliphatic rings. The van der Waals surface area contributed by atoms with Gasteiger partial charge in [0.2, 0.25) is 0 Å². The number of methoxy groups -OCH3 is 2. The van der Waals surface area contributed by atoms with Crippen molar-refractivity contribution in [2.75, 3.05) is 45.3 Å². The molecular formula is C34H38N6O2. The van der Waals surface area contributed by atoms with Gasteiger partial charge in [-0.2, -0.15) is 5.10 Å². The third-order valence-electron chi connectivity index (χ3n) is 7.98. The number of para-hydroxylation sites is 1. The summed E-state index contributed by atoms with van der Waals surface area (Å²) in [6.45, 7) is 8.65. The molecule has 8 heteroatoms. The van der Waals surface area contributed by atoms with Crippen molar-refractivity contribution in [3.63, 3.8) is 0 Å². The number of ether oxygens (including phenoxy) is 2. The summed E-state index contributed by atoms with van der Waals surface area (Å²) in [6, 6.07) is 24.9. The van der Waals surface area contributed by atoms with E-state index in [0.717, 1.165) is 90.3 Å². The van der Waals surface area contributed by atoms with Crippen molar-refractivity contribution >= 4 is 16.9 Å². The Kier molecular flexibility index (Phi) is 8.06. The second-order valence-electron chi connectivity index (χ2n) is 11.0. The van der Waals surface area contributed by atoms with Crippen LogP contribution in [-0.2, 0) is 13.0 Å². The van der Waals surface area contributed by atoms with Gasteiger partial charge in [0.1, 0.15) is 23.1 Å². The molecule has 0 saturated carbocycles. The quantitative estimate of drug-likeness (QED) is 0.238. The van der Waals surface area contributed by atoms with Crippen LogP contribution in [0, 0.1) is 13.8 Å². The van der Waals surface area contributed by atoms with Crippen molar-refractivity contribution in [2.24, 2.45) is 0 Å². The molecule has 0 bridgehead atoms. The third-order valence-corrected chi connectivity index (χ3v) is 7.98. The highest BCUT2D eigenvalue weighted by molar-refractivity contribution is 5.91. The SMILES string of the molecule is COc1ccc(OC)c(CN2CCCN(c3nc(Cc4ccc(C)cc4)nc4c3c(C)nn4-c3ccccc3)CC2)c1. The summed E-state index contributed by atoms with van der Waals surface area (Å²) in [6.07, 6.45) is 1.69. The van der Waals surface area contributed by atoms with E-state index >= 15 is 0 Å². The molecule has 1 fully saturated rings. The smallest absolute Gasteiger partial charge is 0.169 e. The Hall–Kier alpha value is -4.43. The van der Waals surface area contributed by atoms with Gasteiger partial charge in [0.25, 0.3) is 0 Å². The van der Waals surface area contributed by atoms with Gasteiger partial charge in [0, 0.05) is 44.7 Å².